The summed E-state index contributed by atoms with van der Waals surface area (Å²) < 4.78 is 0. The van der Waals surface area contributed by atoms with Gasteiger partial charge in [0.1, 0.15) is 0 Å². The molecule has 25 heavy (non-hydrogen) atoms. The standard InChI is InChI=1S/C20H26N4O/c1-2-3-4-13-21-20(25)17-9-7-16(8-10-17)18-11-12-19(23-22-18)24-14-5-6-15-24/h7-12H,2-6,13-15H2,1H3,(H,21,25). The van der Waals surface area contributed by atoms with E-state index in [1.807, 2.05) is 36.4 Å². The van der Waals surface area contributed by atoms with Crippen molar-refractivity contribution in [1.82, 2.24) is 15.5 Å². The van der Waals surface area contributed by atoms with Crippen molar-refractivity contribution in [3.05, 3.63) is 42.0 Å². The molecule has 1 aliphatic rings. The second-order valence-electron chi connectivity index (χ2n) is 6.51. The second-order valence-corrected chi connectivity index (χ2v) is 6.51. The Labute approximate surface area is 149 Å². The number of rotatable bonds is 7. The van der Waals surface area contributed by atoms with Crippen LogP contribution < -0.4 is 10.2 Å². The Morgan fingerprint density at radius 3 is 2.44 bits per heavy atom. The Morgan fingerprint density at radius 2 is 1.80 bits per heavy atom. The molecule has 1 saturated heterocycles. The molecule has 0 bridgehead atoms. The summed E-state index contributed by atoms with van der Waals surface area (Å²) in [6.45, 7) is 5.02. The molecule has 0 unspecified atom stereocenters. The first-order valence-electron chi connectivity index (χ1n) is 9.25. The van der Waals surface area contributed by atoms with Crippen LogP contribution in [0.4, 0.5) is 5.82 Å². The number of nitrogens with one attached hydrogen (secondary N) is 1. The van der Waals surface area contributed by atoms with Gasteiger partial charge in [0.2, 0.25) is 0 Å². The quantitative estimate of drug-likeness (QED) is 0.783. The molecule has 0 saturated carbocycles. The summed E-state index contributed by atoms with van der Waals surface area (Å²) in [4.78, 5) is 14.4. The number of amides is 1. The first-order valence-corrected chi connectivity index (χ1v) is 9.25. The number of aromatic nitrogens is 2. The van der Waals surface area contributed by atoms with Crippen molar-refractivity contribution in [1.29, 1.82) is 0 Å². The van der Waals surface area contributed by atoms with Gasteiger partial charge in [-0.25, -0.2) is 0 Å². The summed E-state index contributed by atoms with van der Waals surface area (Å²) in [6.07, 6.45) is 5.78. The Bertz CT molecular complexity index is 676. The molecule has 5 heteroatoms. The number of carbonyl (C=O) groups excluding carboxylic acids is 1. The first kappa shape index (κ1) is 17.4. The van der Waals surface area contributed by atoms with Crippen molar-refractivity contribution in [3.63, 3.8) is 0 Å². The van der Waals surface area contributed by atoms with Gasteiger partial charge in [-0.1, -0.05) is 31.9 Å². The van der Waals surface area contributed by atoms with Gasteiger partial charge in [0.25, 0.3) is 5.91 Å². The van der Waals surface area contributed by atoms with Crippen molar-refractivity contribution in [2.24, 2.45) is 0 Å². The third-order valence-electron chi connectivity index (χ3n) is 4.59. The van der Waals surface area contributed by atoms with E-state index in [2.05, 4.69) is 27.3 Å². The molecule has 1 aliphatic heterocycles. The highest BCUT2D eigenvalue weighted by Crippen LogP contribution is 2.21. The molecule has 0 radical (unpaired) electrons. The number of carbonyl (C=O) groups is 1. The van der Waals surface area contributed by atoms with Crippen LogP contribution in [0.25, 0.3) is 11.3 Å². The van der Waals surface area contributed by atoms with Gasteiger partial charge in [-0.15, -0.1) is 10.2 Å². The molecule has 5 nitrogen and oxygen atoms in total. The van der Waals surface area contributed by atoms with Crippen LogP contribution in [-0.4, -0.2) is 35.7 Å². The molecular formula is C20H26N4O. The monoisotopic (exact) mass is 338 g/mol. The fourth-order valence-electron chi connectivity index (χ4n) is 3.07. The topological polar surface area (TPSA) is 58.1 Å². The molecular weight excluding hydrogens is 312 g/mol. The molecule has 2 heterocycles. The number of hydrogen-bond donors (Lipinski definition) is 1. The lowest BCUT2D eigenvalue weighted by Gasteiger charge is -2.15. The van der Waals surface area contributed by atoms with Crippen molar-refractivity contribution in [3.8, 4) is 11.3 Å². The van der Waals surface area contributed by atoms with Gasteiger partial charge < -0.3 is 10.2 Å². The number of unbranched alkanes of at least 4 members (excludes halogenated alkanes) is 2. The lowest BCUT2D eigenvalue weighted by molar-refractivity contribution is 0.0953. The van der Waals surface area contributed by atoms with Crippen LogP contribution in [0.5, 0.6) is 0 Å². The van der Waals surface area contributed by atoms with E-state index in [1.165, 1.54) is 12.8 Å². The molecule has 3 rings (SSSR count). The van der Waals surface area contributed by atoms with E-state index in [1.54, 1.807) is 0 Å². The van der Waals surface area contributed by atoms with Crippen LogP contribution >= 0.6 is 0 Å². The van der Waals surface area contributed by atoms with E-state index in [-0.39, 0.29) is 5.91 Å². The van der Waals surface area contributed by atoms with E-state index in [0.717, 1.165) is 56.0 Å². The average molecular weight is 338 g/mol. The molecule has 0 atom stereocenters. The van der Waals surface area contributed by atoms with Crippen LogP contribution in [0.1, 0.15) is 49.4 Å². The van der Waals surface area contributed by atoms with Gasteiger partial charge in [0.05, 0.1) is 5.69 Å². The number of hydrogen-bond acceptors (Lipinski definition) is 4. The van der Waals surface area contributed by atoms with Gasteiger partial charge in [0, 0.05) is 30.8 Å². The smallest absolute Gasteiger partial charge is 0.251 e. The minimum atomic E-state index is -0.0156. The largest absolute Gasteiger partial charge is 0.355 e. The lowest BCUT2D eigenvalue weighted by Crippen LogP contribution is -2.24. The maximum atomic E-state index is 12.1. The van der Waals surface area contributed by atoms with Crippen molar-refractivity contribution in [2.75, 3.05) is 24.5 Å². The maximum Gasteiger partial charge on any atom is 0.251 e. The van der Waals surface area contributed by atoms with Crippen LogP contribution in [0.3, 0.4) is 0 Å². The normalized spacial score (nSPS) is 13.9. The van der Waals surface area contributed by atoms with Crippen LogP contribution in [0.15, 0.2) is 36.4 Å². The van der Waals surface area contributed by atoms with E-state index in [4.69, 9.17) is 0 Å². The van der Waals surface area contributed by atoms with Crippen molar-refractivity contribution >= 4 is 11.7 Å². The predicted octanol–water partition coefficient (Wildman–Crippen LogP) is 3.66. The zero-order chi connectivity index (χ0) is 17.5. The van der Waals surface area contributed by atoms with Crippen LogP contribution in [0, 0.1) is 0 Å². The van der Waals surface area contributed by atoms with E-state index >= 15 is 0 Å². The Morgan fingerprint density at radius 1 is 1.04 bits per heavy atom. The zero-order valence-corrected chi connectivity index (χ0v) is 14.9. The molecule has 1 N–H and O–H groups in total. The average Bonchev–Trinajstić information content (AvgIpc) is 3.20. The summed E-state index contributed by atoms with van der Waals surface area (Å²) in [5, 5.41) is 11.7. The summed E-state index contributed by atoms with van der Waals surface area (Å²) >= 11 is 0. The Balaban J connectivity index is 1.60. The number of nitrogens with zero attached hydrogens (tertiary/aromatic N) is 3. The summed E-state index contributed by atoms with van der Waals surface area (Å²) in [7, 11) is 0. The molecule has 2 aromatic rings. The fourth-order valence-corrected chi connectivity index (χ4v) is 3.07. The second kappa shape index (κ2) is 8.60. The van der Waals surface area contributed by atoms with Gasteiger partial charge in [0.15, 0.2) is 5.82 Å². The Hall–Kier alpha value is -2.43. The molecule has 1 amide bonds. The van der Waals surface area contributed by atoms with Gasteiger partial charge in [-0.2, -0.15) is 0 Å². The van der Waals surface area contributed by atoms with Crippen LogP contribution in [-0.2, 0) is 0 Å². The van der Waals surface area contributed by atoms with E-state index in [0.29, 0.717) is 5.56 Å². The minimum absolute atomic E-state index is 0.0156. The van der Waals surface area contributed by atoms with Gasteiger partial charge in [-0.05, 0) is 43.5 Å². The molecule has 0 spiro atoms. The number of benzene rings is 1. The maximum absolute atomic E-state index is 12.1. The lowest BCUT2D eigenvalue weighted by atomic mass is 10.1. The van der Waals surface area contributed by atoms with Gasteiger partial charge >= 0.3 is 0 Å². The molecule has 1 aromatic heterocycles. The highest BCUT2D eigenvalue weighted by molar-refractivity contribution is 5.94. The van der Waals surface area contributed by atoms with Gasteiger partial charge in [-0.3, -0.25) is 4.79 Å². The summed E-state index contributed by atoms with van der Waals surface area (Å²) in [6, 6.07) is 11.6. The van der Waals surface area contributed by atoms with E-state index in [9.17, 15) is 4.79 Å². The highest BCUT2D eigenvalue weighted by Gasteiger charge is 2.14. The van der Waals surface area contributed by atoms with Crippen LogP contribution in [0.2, 0.25) is 0 Å². The third-order valence-corrected chi connectivity index (χ3v) is 4.59. The van der Waals surface area contributed by atoms with E-state index < -0.39 is 0 Å². The predicted molar refractivity (Wildman–Crippen MR) is 101 cm³/mol. The Kier molecular flexibility index (Phi) is 5.99. The highest BCUT2D eigenvalue weighted by atomic mass is 16.1. The third kappa shape index (κ3) is 4.56. The first-order chi connectivity index (χ1) is 12.3. The molecule has 0 aliphatic carbocycles. The van der Waals surface area contributed by atoms with Crippen molar-refractivity contribution in [2.45, 2.75) is 39.0 Å². The fraction of sp³-hybridized carbons (Fsp3) is 0.450. The number of anilines is 1. The summed E-state index contributed by atoms with van der Waals surface area (Å²) in [5.74, 6) is 0.933. The minimum Gasteiger partial charge on any atom is -0.355 e. The summed E-state index contributed by atoms with van der Waals surface area (Å²) in [5.41, 5.74) is 2.49. The molecule has 132 valence electrons. The molecule has 1 fully saturated rings. The molecule has 1 aromatic carbocycles. The SMILES string of the molecule is CCCCCNC(=O)c1ccc(-c2ccc(N3CCCC3)nn2)cc1. The zero-order valence-electron chi connectivity index (χ0n) is 14.9. The van der Waals surface area contributed by atoms with Crippen molar-refractivity contribution < 1.29 is 4.79 Å².